The maximum atomic E-state index is 13.3. The van der Waals surface area contributed by atoms with E-state index in [0.29, 0.717) is 23.8 Å². The first kappa shape index (κ1) is 12.4. The van der Waals surface area contributed by atoms with Crippen LogP contribution < -0.4 is 5.32 Å². The highest BCUT2D eigenvalue weighted by Gasteiger charge is 2.12. The van der Waals surface area contributed by atoms with Crippen LogP contribution in [0, 0.1) is 24.4 Å². The Morgan fingerprint density at radius 2 is 1.78 bits per heavy atom. The molecule has 0 saturated carbocycles. The summed E-state index contributed by atoms with van der Waals surface area (Å²) in [6, 6.07) is 1.24. The lowest BCUT2D eigenvalue weighted by molar-refractivity contribution is 0.546. The van der Waals surface area contributed by atoms with E-state index in [4.69, 9.17) is 0 Å². The van der Waals surface area contributed by atoms with E-state index in [9.17, 15) is 13.2 Å². The van der Waals surface area contributed by atoms with E-state index in [1.807, 2.05) is 0 Å². The molecule has 0 saturated heterocycles. The van der Waals surface area contributed by atoms with Crippen molar-refractivity contribution in [2.24, 2.45) is 7.05 Å². The summed E-state index contributed by atoms with van der Waals surface area (Å²) in [5, 5.41) is 10.2. The van der Waals surface area contributed by atoms with Gasteiger partial charge in [-0.1, -0.05) is 0 Å². The van der Waals surface area contributed by atoms with E-state index in [2.05, 4.69) is 15.5 Å². The smallest absolute Gasteiger partial charge is 0.152 e. The fraction of sp³-hybridized carbons (Fsp3) is 0.273. The number of aryl methyl sites for hydroxylation is 1. The van der Waals surface area contributed by atoms with Gasteiger partial charge in [-0.15, -0.1) is 10.2 Å². The van der Waals surface area contributed by atoms with Crippen LogP contribution in [0.2, 0.25) is 0 Å². The highest BCUT2D eigenvalue weighted by atomic mass is 19.1. The molecule has 18 heavy (non-hydrogen) atoms. The molecule has 0 amide bonds. The lowest BCUT2D eigenvalue weighted by Crippen LogP contribution is -2.09. The summed E-state index contributed by atoms with van der Waals surface area (Å²) >= 11 is 0. The van der Waals surface area contributed by atoms with Crippen LogP contribution in [0.15, 0.2) is 12.1 Å². The number of nitrogens with zero attached hydrogens (tertiary/aromatic N) is 3. The molecule has 1 N–H and O–H groups in total. The van der Waals surface area contributed by atoms with Crippen LogP contribution in [0.4, 0.5) is 18.9 Å². The Morgan fingerprint density at radius 1 is 1.17 bits per heavy atom. The average molecular weight is 256 g/mol. The third-order valence-electron chi connectivity index (χ3n) is 2.61. The zero-order valence-corrected chi connectivity index (χ0v) is 9.84. The topological polar surface area (TPSA) is 42.7 Å². The number of hydrogen-bond donors (Lipinski definition) is 1. The second kappa shape index (κ2) is 4.67. The van der Waals surface area contributed by atoms with Crippen molar-refractivity contribution < 1.29 is 13.2 Å². The Morgan fingerprint density at radius 3 is 2.28 bits per heavy atom. The van der Waals surface area contributed by atoms with E-state index >= 15 is 0 Å². The monoisotopic (exact) mass is 256 g/mol. The van der Waals surface area contributed by atoms with Gasteiger partial charge in [0.15, 0.2) is 17.5 Å². The molecule has 7 heteroatoms. The van der Waals surface area contributed by atoms with Gasteiger partial charge in [0.25, 0.3) is 0 Å². The quantitative estimate of drug-likeness (QED) is 0.915. The van der Waals surface area contributed by atoms with Crippen molar-refractivity contribution >= 4 is 5.69 Å². The lowest BCUT2D eigenvalue weighted by atomic mass is 10.2. The first-order valence-corrected chi connectivity index (χ1v) is 5.22. The Bertz CT molecular complexity index is 557. The highest BCUT2D eigenvalue weighted by Crippen LogP contribution is 2.20. The fourth-order valence-electron chi connectivity index (χ4n) is 1.48. The summed E-state index contributed by atoms with van der Waals surface area (Å²) in [5.74, 6) is -1.70. The second-order valence-electron chi connectivity index (χ2n) is 3.82. The molecular weight excluding hydrogens is 245 g/mol. The van der Waals surface area contributed by atoms with Gasteiger partial charge in [0.2, 0.25) is 0 Å². The molecule has 0 unspecified atom stereocenters. The molecule has 0 radical (unpaired) electrons. The number of benzene rings is 1. The van der Waals surface area contributed by atoms with Crippen LogP contribution in [0.3, 0.4) is 0 Å². The second-order valence-corrected chi connectivity index (χ2v) is 3.82. The van der Waals surface area contributed by atoms with Crippen LogP contribution in [-0.4, -0.2) is 14.8 Å². The maximum absolute atomic E-state index is 13.3. The van der Waals surface area contributed by atoms with E-state index < -0.39 is 17.5 Å². The lowest BCUT2D eigenvalue weighted by Gasteiger charge is -2.08. The highest BCUT2D eigenvalue weighted by molar-refractivity contribution is 5.46. The van der Waals surface area contributed by atoms with Gasteiger partial charge in [0.05, 0.1) is 6.54 Å². The summed E-state index contributed by atoms with van der Waals surface area (Å²) in [6.45, 7) is 1.85. The zero-order chi connectivity index (χ0) is 13.3. The number of anilines is 1. The molecule has 0 spiro atoms. The van der Waals surface area contributed by atoms with Crippen LogP contribution >= 0.6 is 0 Å². The van der Waals surface area contributed by atoms with Gasteiger partial charge in [-0.3, -0.25) is 0 Å². The van der Waals surface area contributed by atoms with E-state index in [0.717, 1.165) is 0 Å². The van der Waals surface area contributed by atoms with Gasteiger partial charge < -0.3 is 9.88 Å². The van der Waals surface area contributed by atoms with Crippen molar-refractivity contribution in [1.29, 1.82) is 0 Å². The Labute approximate surface area is 101 Å². The molecule has 0 atom stereocenters. The Kier molecular flexibility index (Phi) is 3.22. The van der Waals surface area contributed by atoms with Crippen molar-refractivity contribution in [1.82, 2.24) is 14.8 Å². The molecule has 0 aliphatic heterocycles. The molecular formula is C11H11F3N4. The molecule has 1 aromatic heterocycles. The first-order valence-electron chi connectivity index (χ1n) is 5.22. The summed E-state index contributed by atoms with van der Waals surface area (Å²) in [5.41, 5.74) is -0.378. The SMILES string of the molecule is Cc1nnc(CNc2c(F)cc(F)cc2F)n1C. The predicted molar refractivity (Wildman–Crippen MR) is 59.4 cm³/mol. The molecule has 4 nitrogen and oxygen atoms in total. The predicted octanol–water partition coefficient (Wildman–Crippen LogP) is 2.15. The summed E-state index contributed by atoms with van der Waals surface area (Å²) in [4.78, 5) is 0. The molecule has 1 aromatic carbocycles. The van der Waals surface area contributed by atoms with Crippen molar-refractivity contribution in [3.63, 3.8) is 0 Å². The molecule has 0 bridgehead atoms. The van der Waals surface area contributed by atoms with E-state index in [1.54, 1.807) is 18.5 Å². The Hall–Kier alpha value is -2.05. The fourth-order valence-corrected chi connectivity index (χ4v) is 1.48. The molecule has 96 valence electrons. The number of aromatic nitrogens is 3. The standard InChI is InChI=1S/C11H11F3N4/c1-6-16-17-10(18(6)2)5-15-11-8(13)3-7(12)4-9(11)14/h3-4,15H,5H2,1-2H3. The summed E-state index contributed by atoms with van der Waals surface area (Å²) in [6.07, 6.45) is 0. The van der Waals surface area contributed by atoms with E-state index in [-0.39, 0.29) is 12.2 Å². The van der Waals surface area contributed by atoms with Gasteiger partial charge in [0, 0.05) is 19.2 Å². The third-order valence-corrected chi connectivity index (χ3v) is 2.61. The summed E-state index contributed by atoms with van der Waals surface area (Å²) in [7, 11) is 1.74. The van der Waals surface area contributed by atoms with Crippen LogP contribution in [-0.2, 0) is 13.6 Å². The molecule has 0 aliphatic rings. The minimum atomic E-state index is -0.980. The Balaban J connectivity index is 2.18. The number of halogens is 3. The van der Waals surface area contributed by atoms with Crippen molar-refractivity contribution in [3.05, 3.63) is 41.2 Å². The van der Waals surface area contributed by atoms with Crippen LogP contribution in [0.25, 0.3) is 0 Å². The van der Waals surface area contributed by atoms with Gasteiger partial charge in [-0.2, -0.15) is 0 Å². The number of rotatable bonds is 3. The van der Waals surface area contributed by atoms with E-state index in [1.165, 1.54) is 0 Å². The molecule has 0 aliphatic carbocycles. The van der Waals surface area contributed by atoms with Gasteiger partial charge >= 0.3 is 0 Å². The molecule has 2 aromatic rings. The maximum Gasteiger partial charge on any atom is 0.152 e. The average Bonchev–Trinajstić information content (AvgIpc) is 2.59. The zero-order valence-electron chi connectivity index (χ0n) is 9.84. The number of hydrogen-bond acceptors (Lipinski definition) is 3. The third kappa shape index (κ3) is 2.29. The normalized spacial score (nSPS) is 10.7. The first-order chi connectivity index (χ1) is 8.49. The molecule has 2 rings (SSSR count). The largest absolute Gasteiger partial charge is 0.373 e. The van der Waals surface area contributed by atoms with Crippen molar-refractivity contribution in [2.45, 2.75) is 13.5 Å². The van der Waals surface area contributed by atoms with Gasteiger partial charge in [-0.25, -0.2) is 13.2 Å². The summed E-state index contributed by atoms with van der Waals surface area (Å²) < 4.78 is 41.1. The molecule has 0 fully saturated rings. The minimum Gasteiger partial charge on any atom is -0.373 e. The van der Waals surface area contributed by atoms with Crippen LogP contribution in [0.5, 0.6) is 0 Å². The van der Waals surface area contributed by atoms with Crippen molar-refractivity contribution in [3.8, 4) is 0 Å². The van der Waals surface area contributed by atoms with Crippen molar-refractivity contribution in [2.75, 3.05) is 5.32 Å². The van der Waals surface area contributed by atoms with Crippen LogP contribution in [0.1, 0.15) is 11.6 Å². The number of nitrogens with one attached hydrogen (secondary N) is 1. The van der Waals surface area contributed by atoms with Gasteiger partial charge in [-0.05, 0) is 6.92 Å². The molecule has 1 heterocycles. The van der Waals surface area contributed by atoms with Gasteiger partial charge in [0.1, 0.15) is 17.3 Å². The minimum absolute atomic E-state index is 0.0941.